The molecule has 6 nitrogen and oxygen atoms in total. The van der Waals surface area contributed by atoms with Crippen LogP contribution in [0.5, 0.6) is 5.75 Å². The van der Waals surface area contributed by atoms with Crippen LogP contribution in [0.1, 0.15) is 12.5 Å². The smallest absolute Gasteiger partial charge is 0.354 e. The number of hydrogen-bond acceptors (Lipinski definition) is 6. The average Bonchev–Trinajstić information content (AvgIpc) is 2.47. The molecule has 0 bridgehead atoms. The molecular formula is C14H17NO5. The van der Waals surface area contributed by atoms with Gasteiger partial charge >= 0.3 is 11.9 Å². The molecule has 0 radical (unpaired) electrons. The fourth-order valence-electron chi connectivity index (χ4n) is 1.48. The zero-order valence-electron chi connectivity index (χ0n) is 11.6. The molecule has 0 atom stereocenters. The quantitative estimate of drug-likeness (QED) is 0.484. The Morgan fingerprint density at radius 1 is 1.30 bits per heavy atom. The van der Waals surface area contributed by atoms with Crippen molar-refractivity contribution in [2.75, 3.05) is 19.5 Å². The van der Waals surface area contributed by atoms with Crippen molar-refractivity contribution >= 4 is 17.6 Å². The summed E-state index contributed by atoms with van der Waals surface area (Å²) in [5.74, 6) is -1.48. The first-order valence-corrected chi connectivity index (χ1v) is 5.98. The van der Waals surface area contributed by atoms with E-state index >= 15 is 0 Å². The standard InChI is InChI=1S/C14H17NO5/c1-4-9-5-6-12(16)10(7-9)15-11(14(18)20-3)8-13(17)19-2/h5-8,15-16H,4H2,1-3H3/b11-8+. The second-order valence-corrected chi connectivity index (χ2v) is 3.90. The molecule has 0 saturated heterocycles. The summed E-state index contributed by atoms with van der Waals surface area (Å²) >= 11 is 0. The average molecular weight is 279 g/mol. The van der Waals surface area contributed by atoms with Gasteiger partial charge in [0.2, 0.25) is 0 Å². The normalized spacial score (nSPS) is 10.8. The van der Waals surface area contributed by atoms with Gasteiger partial charge in [0.1, 0.15) is 11.4 Å². The van der Waals surface area contributed by atoms with E-state index in [2.05, 4.69) is 14.8 Å². The van der Waals surface area contributed by atoms with Gasteiger partial charge in [-0.15, -0.1) is 0 Å². The Morgan fingerprint density at radius 3 is 2.55 bits per heavy atom. The molecule has 20 heavy (non-hydrogen) atoms. The molecule has 0 unspecified atom stereocenters. The Labute approximate surface area is 117 Å². The van der Waals surface area contributed by atoms with Crippen LogP contribution in [0.25, 0.3) is 0 Å². The molecule has 0 heterocycles. The molecule has 108 valence electrons. The summed E-state index contributed by atoms with van der Waals surface area (Å²) in [6, 6.07) is 4.96. The summed E-state index contributed by atoms with van der Waals surface area (Å²) in [7, 11) is 2.39. The maximum Gasteiger partial charge on any atom is 0.354 e. The zero-order valence-corrected chi connectivity index (χ0v) is 11.6. The molecule has 0 aromatic heterocycles. The Balaban J connectivity index is 3.09. The number of esters is 2. The largest absolute Gasteiger partial charge is 0.506 e. The first-order chi connectivity index (χ1) is 9.51. The van der Waals surface area contributed by atoms with E-state index in [1.54, 1.807) is 12.1 Å². The van der Waals surface area contributed by atoms with Gasteiger partial charge in [-0.25, -0.2) is 9.59 Å². The van der Waals surface area contributed by atoms with Gasteiger partial charge in [0, 0.05) is 0 Å². The number of phenols is 1. The number of phenolic OH excluding ortho intramolecular Hbond substituents is 1. The first kappa shape index (κ1) is 15.6. The minimum Gasteiger partial charge on any atom is -0.506 e. The molecule has 1 aromatic carbocycles. The molecule has 1 aromatic rings. The van der Waals surface area contributed by atoms with Crippen molar-refractivity contribution in [3.63, 3.8) is 0 Å². The fourth-order valence-corrected chi connectivity index (χ4v) is 1.48. The maximum absolute atomic E-state index is 11.6. The summed E-state index contributed by atoms with van der Waals surface area (Å²) in [5.41, 5.74) is 1.15. The van der Waals surface area contributed by atoms with E-state index in [-0.39, 0.29) is 11.4 Å². The third-order valence-electron chi connectivity index (χ3n) is 2.61. The number of anilines is 1. The van der Waals surface area contributed by atoms with E-state index in [1.807, 2.05) is 6.92 Å². The number of carbonyl (C=O) groups excluding carboxylic acids is 2. The number of carbonyl (C=O) groups is 2. The number of benzene rings is 1. The van der Waals surface area contributed by atoms with Crippen molar-refractivity contribution in [1.82, 2.24) is 0 Å². The summed E-state index contributed by atoms with van der Waals surface area (Å²) in [4.78, 5) is 22.8. The predicted molar refractivity (Wildman–Crippen MR) is 73.2 cm³/mol. The summed E-state index contributed by atoms with van der Waals surface area (Å²) in [6.07, 6.45) is 1.73. The lowest BCUT2D eigenvalue weighted by molar-refractivity contribution is -0.138. The Kier molecular flexibility index (Phi) is 5.58. The number of ether oxygens (including phenoxy) is 2. The zero-order chi connectivity index (χ0) is 15.1. The lowest BCUT2D eigenvalue weighted by Gasteiger charge is -2.11. The monoisotopic (exact) mass is 279 g/mol. The number of aryl methyl sites for hydroxylation is 1. The van der Waals surface area contributed by atoms with Crippen molar-refractivity contribution in [1.29, 1.82) is 0 Å². The lowest BCUT2D eigenvalue weighted by Crippen LogP contribution is -2.15. The van der Waals surface area contributed by atoms with Gasteiger partial charge in [-0.3, -0.25) is 0 Å². The molecule has 2 N–H and O–H groups in total. The summed E-state index contributed by atoms with van der Waals surface area (Å²) in [5, 5.41) is 12.4. The third kappa shape index (κ3) is 4.01. The topological polar surface area (TPSA) is 84.9 Å². The van der Waals surface area contributed by atoms with Crippen LogP contribution in [-0.2, 0) is 25.5 Å². The van der Waals surface area contributed by atoms with E-state index in [4.69, 9.17) is 0 Å². The highest BCUT2D eigenvalue weighted by atomic mass is 16.5. The van der Waals surface area contributed by atoms with Crippen molar-refractivity contribution in [3.8, 4) is 5.75 Å². The van der Waals surface area contributed by atoms with Crippen LogP contribution in [0.3, 0.4) is 0 Å². The number of methoxy groups -OCH3 is 2. The van der Waals surface area contributed by atoms with Crippen LogP contribution in [0.2, 0.25) is 0 Å². The van der Waals surface area contributed by atoms with Crippen molar-refractivity contribution in [3.05, 3.63) is 35.5 Å². The highest BCUT2D eigenvalue weighted by molar-refractivity contribution is 5.99. The molecule has 0 aliphatic heterocycles. The molecule has 0 aliphatic carbocycles. The highest BCUT2D eigenvalue weighted by Crippen LogP contribution is 2.26. The molecule has 6 heteroatoms. The molecule has 0 amide bonds. The van der Waals surface area contributed by atoms with E-state index in [1.165, 1.54) is 20.3 Å². The minimum atomic E-state index is -0.739. The number of hydrogen-bond donors (Lipinski definition) is 2. The number of aromatic hydroxyl groups is 1. The van der Waals surface area contributed by atoms with E-state index in [0.29, 0.717) is 5.69 Å². The minimum absolute atomic E-state index is 0.0399. The van der Waals surface area contributed by atoms with E-state index in [0.717, 1.165) is 18.1 Å². The molecule has 1 rings (SSSR count). The van der Waals surface area contributed by atoms with Gasteiger partial charge in [0.15, 0.2) is 0 Å². The molecule has 0 fully saturated rings. The van der Waals surface area contributed by atoms with Crippen LogP contribution in [0.4, 0.5) is 5.69 Å². The van der Waals surface area contributed by atoms with Gasteiger partial charge in [-0.05, 0) is 24.1 Å². The van der Waals surface area contributed by atoms with E-state index in [9.17, 15) is 14.7 Å². The van der Waals surface area contributed by atoms with Crippen molar-refractivity contribution < 1.29 is 24.2 Å². The lowest BCUT2D eigenvalue weighted by atomic mass is 10.1. The van der Waals surface area contributed by atoms with Crippen molar-refractivity contribution in [2.24, 2.45) is 0 Å². The molecule has 0 aliphatic rings. The van der Waals surface area contributed by atoms with Gasteiger partial charge in [-0.2, -0.15) is 0 Å². The predicted octanol–water partition coefficient (Wildman–Crippen LogP) is 1.60. The second-order valence-electron chi connectivity index (χ2n) is 3.90. The number of nitrogens with one attached hydrogen (secondary N) is 1. The third-order valence-corrected chi connectivity index (χ3v) is 2.61. The van der Waals surface area contributed by atoms with Crippen LogP contribution < -0.4 is 5.32 Å². The SMILES string of the molecule is CCc1ccc(O)c(N/C(=C/C(=O)OC)C(=O)OC)c1. The van der Waals surface area contributed by atoms with Gasteiger partial charge < -0.3 is 19.9 Å². The van der Waals surface area contributed by atoms with Crippen LogP contribution in [0.15, 0.2) is 30.0 Å². The number of rotatable bonds is 5. The maximum atomic E-state index is 11.6. The molecular weight excluding hydrogens is 262 g/mol. The molecule has 0 spiro atoms. The van der Waals surface area contributed by atoms with Gasteiger partial charge in [-0.1, -0.05) is 13.0 Å². The van der Waals surface area contributed by atoms with Crippen LogP contribution >= 0.6 is 0 Å². The highest BCUT2D eigenvalue weighted by Gasteiger charge is 2.14. The summed E-state index contributed by atoms with van der Waals surface area (Å²) < 4.78 is 9.03. The Bertz CT molecular complexity index is 536. The van der Waals surface area contributed by atoms with Gasteiger partial charge in [0.05, 0.1) is 26.0 Å². The van der Waals surface area contributed by atoms with Gasteiger partial charge in [0.25, 0.3) is 0 Å². The molecule has 0 saturated carbocycles. The summed E-state index contributed by atoms with van der Waals surface area (Å²) in [6.45, 7) is 1.96. The Hall–Kier alpha value is -2.50. The second kappa shape index (κ2) is 7.18. The van der Waals surface area contributed by atoms with Crippen LogP contribution in [0, 0.1) is 0 Å². The Morgan fingerprint density at radius 2 is 2.00 bits per heavy atom. The first-order valence-electron chi connectivity index (χ1n) is 5.98. The van der Waals surface area contributed by atoms with Crippen LogP contribution in [-0.4, -0.2) is 31.3 Å². The van der Waals surface area contributed by atoms with Crippen molar-refractivity contribution in [2.45, 2.75) is 13.3 Å². The fraction of sp³-hybridized carbons (Fsp3) is 0.286. The van der Waals surface area contributed by atoms with E-state index < -0.39 is 11.9 Å².